The molecule has 1 aliphatic heterocycles. The fourth-order valence-corrected chi connectivity index (χ4v) is 4.97. The lowest BCUT2D eigenvalue weighted by molar-refractivity contribution is -0.124. The van der Waals surface area contributed by atoms with Crippen molar-refractivity contribution in [2.24, 2.45) is 17.3 Å². The summed E-state index contributed by atoms with van der Waals surface area (Å²) in [4.78, 5) is 19.9. The second kappa shape index (κ2) is 6.14. The summed E-state index contributed by atoms with van der Waals surface area (Å²) in [5.74, 6) is 0.689. The van der Waals surface area contributed by atoms with Crippen LogP contribution in [0.3, 0.4) is 0 Å². The van der Waals surface area contributed by atoms with Crippen LogP contribution in [0.5, 0.6) is 0 Å². The van der Waals surface area contributed by atoms with Gasteiger partial charge in [-0.15, -0.1) is 5.10 Å². The summed E-state index contributed by atoms with van der Waals surface area (Å²) in [5, 5.41) is 19.0. The van der Waals surface area contributed by atoms with Crippen molar-refractivity contribution in [1.29, 1.82) is 5.26 Å². The van der Waals surface area contributed by atoms with E-state index in [0.29, 0.717) is 12.4 Å². The smallest absolute Gasteiger partial charge is 0.248 e. The molecule has 1 saturated heterocycles. The van der Waals surface area contributed by atoms with Crippen molar-refractivity contribution in [3.05, 3.63) is 48.4 Å². The molecule has 8 heteroatoms. The van der Waals surface area contributed by atoms with Crippen LogP contribution in [0.2, 0.25) is 0 Å². The fraction of sp³-hybridized carbons (Fsp3) is 0.348. The van der Waals surface area contributed by atoms with E-state index in [-0.39, 0.29) is 17.7 Å². The molecule has 0 aromatic carbocycles. The third-order valence-corrected chi connectivity index (χ3v) is 6.75. The number of anilines is 1. The normalized spacial score (nSPS) is 23.7. The highest BCUT2D eigenvalue weighted by atomic mass is 16.2. The van der Waals surface area contributed by atoms with Crippen molar-refractivity contribution in [3.63, 3.8) is 0 Å². The van der Waals surface area contributed by atoms with E-state index in [2.05, 4.69) is 21.3 Å². The van der Waals surface area contributed by atoms with E-state index < -0.39 is 5.41 Å². The number of hydrogen-bond donors (Lipinski definition) is 0. The second-order valence-corrected chi connectivity index (χ2v) is 8.79. The maximum absolute atomic E-state index is 13.5. The molecule has 4 aromatic rings. The SMILES string of the molecule is Cc1ccc2nc(-c3cc4c(N5C[C@@H](C)[C@@](C#N)(C6CC6)C5=O)ccnn4c3)nn2c1. The van der Waals surface area contributed by atoms with Gasteiger partial charge in [0.15, 0.2) is 11.5 Å². The zero-order valence-corrected chi connectivity index (χ0v) is 17.4. The van der Waals surface area contributed by atoms with Gasteiger partial charge in [0.2, 0.25) is 5.91 Å². The van der Waals surface area contributed by atoms with Crippen LogP contribution in [0.4, 0.5) is 5.69 Å². The van der Waals surface area contributed by atoms with Gasteiger partial charge in [-0.05, 0) is 49.4 Å². The molecule has 0 bridgehead atoms. The third-order valence-electron chi connectivity index (χ3n) is 6.75. The van der Waals surface area contributed by atoms with E-state index in [1.807, 2.05) is 50.5 Å². The Balaban J connectivity index is 1.45. The molecule has 0 unspecified atom stereocenters. The van der Waals surface area contributed by atoms with E-state index in [0.717, 1.165) is 40.8 Å². The summed E-state index contributed by atoms with van der Waals surface area (Å²) >= 11 is 0. The van der Waals surface area contributed by atoms with Crippen LogP contribution in [-0.4, -0.2) is 36.7 Å². The highest BCUT2D eigenvalue weighted by Crippen LogP contribution is 2.54. The van der Waals surface area contributed by atoms with Gasteiger partial charge < -0.3 is 4.90 Å². The standard InChI is InChI=1S/C23H21N7O/c1-14-3-6-20-26-21(27-30(20)10-14)16-9-19-18(7-8-25-29(19)12-16)28-11-15(2)23(13-24,22(28)31)17-4-5-17/h3,6-10,12,15,17H,4-5,11H2,1-2H3/t15-,23+/m1/s1. The number of hydrogen-bond acceptors (Lipinski definition) is 5. The largest absolute Gasteiger partial charge is 0.309 e. The van der Waals surface area contributed by atoms with Gasteiger partial charge in [-0.25, -0.2) is 14.0 Å². The van der Waals surface area contributed by atoms with E-state index in [1.165, 1.54) is 0 Å². The number of amides is 1. The zero-order chi connectivity index (χ0) is 21.3. The van der Waals surface area contributed by atoms with Gasteiger partial charge in [0, 0.05) is 36.6 Å². The van der Waals surface area contributed by atoms with Crippen LogP contribution in [-0.2, 0) is 4.79 Å². The van der Waals surface area contributed by atoms with Crippen molar-refractivity contribution >= 4 is 22.8 Å². The van der Waals surface area contributed by atoms with Gasteiger partial charge in [-0.3, -0.25) is 4.79 Å². The maximum atomic E-state index is 13.5. The van der Waals surface area contributed by atoms with Crippen LogP contribution in [0.15, 0.2) is 42.9 Å². The van der Waals surface area contributed by atoms with Crippen molar-refractivity contribution < 1.29 is 4.79 Å². The first kappa shape index (κ1) is 18.1. The third kappa shape index (κ3) is 2.46. The van der Waals surface area contributed by atoms with Crippen LogP contribution < -0.4 is 4.90 Å². The summed E-state index contributed by atoms with van der Waals surface area (Å²) in [5.41, 5.74) is 3.38. The van der Waals surface area contributed by atoms with Gasteiger partial charge >= 0.3 is 0 Å². The molecule has 8 nitrogen and oxygen atoms in total. The average molecular weight is 411 g/mol. The predicted molar refractivity (Wildman–Crippen MR) is 114 cm³/mol. The number of fused-ring (bicyclic) bond motifs is 2. The Morgan fingerprint density at radius 3 is 2.81 bits per heavy atom. The van der Waals surface area contributed by atoms with Crippen molar-refractivity contribution in [2.45, 2.75) is 26.7 Å². The first-order chi connectivity index (χ1) is 15.0. The summed E-state index contributed by atoms with van der Waals surface area (Å²) in [6.07, 6.45) is 7.42. The Bertz CT molecular complexity index is 1410. The fourth-order valence-electron chi connectivity index (χ4n) is 4.97. The molecule has 4 aromatic heterocycles. The van der Waals surface area contributed by atoms with Crippen LogP contribution in [0, 0.1) is 35.5 Å². The topological polar surface area (TPSA) is 91.6 Å². The molecular formula is C23H21N7O. The van der Waals surface area contributed by atoms with Crippen LogP contribution >= 0.6 is 0 Å². The van der Waals surface area contributed by atoms with Gasteiger partial charge in [-0.2, -0.15) is 10.4 Å². The van der Waals surface area contributed by atoms with Crippen LogP contribution in [0.1, 0.15) is 25.3 Å². The molecule has 2 fully saturated rings. The molecule has 0 radical (unpaired) electrons. The Labute approximate surface area is 178 Å². The monoisotopic (exact) mass is 411 g/mol. The van der Waals surface area contributed by atoms with Gasteiger partial charge in [0.05, 0.1) is 17.3 Å². The summed E-state index contributed by atoms with van der Waals surface area (Å²) in [6, 6.07) is 10.2. The number of pyridine rings is 1. The lowest BCUT2D eigenvalue weighted by atomic mass is 9.75. The number of nitriles is 1. The van der Waals surface area contributed by atoms with Crippen molar-refractivity contribution in [3.8, 4) is 17.5 Å². The Kier molecular flexibility index (Phi) is 3.58. The van der Waals surface area contributed by atoms with E-state index in [1.54, 1.807) is 20.1 Å². The Hall–Kier alpha value is -3.73. The molecule has 154 valence electrons. The highest BCUT2D eigenvalue weighted by molar-refractivity contribution is 6.05. The molecule has 1 amide bonds. The molecule has 5 heterocycles. The molecular weight excluding hydrogens is 390 g/mol. The highest BCUT2D eigenvalue weighted by Gasteiger charge is 2.61. The van der Waals surface area contributed by atoms with Gasteiger partial charge in [0.1, 0.15) is 5.41 Å². The molecule has 1 saturated carbocycles. The van der Waals surface area contributed by atoms with Crippen molar-refractivity contribution in [1.82, 2.24) is 24.2 Å². The quantitative estimate of drug-likeness (QED) is 0.516. The predicted octanol–water partition coefficient (Wildman–Crippen LogP) is 3.26. The number of carbonyl (C=O) groups excluding carboxylic acids is 1. The van der Waals surface area contributed by atoms with E-state index in [4.69, 9.17) is 0 Å². The number of nitrogens with zero attached hydrogens (tertiary/aromatic N) is 7. The average Bonchev–Trinajstić information content (AvgIpc) is 3.28. The molecule has 2 atom stereocenters. The summed E-state index contributed by atoms with van der Waals surface area (Å²) in [7, 11) is 0. The van der Waals surface area contributed by atoms with Crippen LogP contribution in [0.25, 0.3) is 22.6 Å². The lowest BCUT2D eigenvalue weighted by Gasteiger charge is -2.23. The van der Waals surface area contributed by atoms with E-state index in [9.17, 15) is 10.1 Å². The number of aryl methyl sites for hydroxylation is 1. The summed E-state index contributed by atoms with van der Waals surface area (Å²) < 4.78 is 3.52. The minimum absolute atomic E-state index is 0.0107. The van der Waals surface area contributed by atoms with Gasteiger partial charge in [0.25, 0.3) is 0 Å². The number of aromatic nitrogens is 5. The number of rotatable bonds is 3. The Morgan fingerprint density at radius 1 is 1.19 bits per heavy atom. The molecule has 0 spiro atoms. The summed E-state index contributed by atoms with van der Waals surface area (Å²) in [6.45, 7) is 4.57. The van der Waals surface area contributed by atoms with Gasteiger partial charge in [-0.1, -0.05) is 13.0 Å². The van der Waals surface area contributed by atoms with Crippen molar-refractivity contribution in [2.75, 3.05) is 11.4 Å². The first-order valence-electron chi connectivity index (χ1n) is 10.6. The molecule has 0 N–H and O–H groups in total. The molecule has 1 aliphatic carbocycles. The number of carbonyl (C=O) groups is 1. The molecule has 6 rings (SSSR count). The lowest BCUT2D eigenvalue weighted by Crippen LogP contribution is -2.37. The maximum Gasteiger partial charge on any atom is 0.248 e. The minimum Gasteiger partial charge on any atom is -0.309 e. The molecule has 2 aliphatic rings. The first-order valence-corrected chi connectivity index (χ1v) is 10.6. The second-order valence-electron chi connectivity index (χ2n) is 8.79. The van der Waals surface area contributed by atoms with E-state index >= 15 is 0 Å². The molecule has 31 heavy (non-hydrogen) atoms. The zero-order valence-electron chi connectivity index (χ0n) is 17.4. The Morgan fingerprint density at radius 2 is 2.03 bits per heavy atom. The minimum atomic E-state index is -0.906.